The first-order chi connectivity index (χ1) is 10.1. The monoisotopic (exact) mass is 312 g/mol. The Morgan fingerprint density at radius 1 is 1.29 bits per heavy atom. The van der Waals surface area contributed by atoms with Crippen molar-refractivity contribution in [3.63, 3.8) is 0 Å². The van der Waals surface area contributed by atoms with Crippen LogP contribution < -0.4 is 10.6 Å². The fourth-order valence-corrected chi connectivity index (χ4v) is 2.49. The fraction of sp³-hybridized carbons (Fsp3) is 0.692. The van der Waals surface area contributed by atoms with Gasteiger partial charge in [0.25, 0.3) is 0 Å². The van der Waals surface area contributed by atoms with Crippen LogP contribution in [0.15, 0.2) is 0 Å². The van der Waals surface area contributed by atoms with Crippen molar-refractivity contribution in [2.75, 3.05) is 18.5 Å². The van der Waals surface area contributed by atoms with Gasteiger partial charge in [0.05, 0.1) is 6.61 Å². The summed E-state index contributed by atoms with van der Waals surface area (Å²) in [6, 6.07) is 0. The lowest BCUT2D eigenvalue weighted by Gasteiger charge is -2.12. The number of nitrogens with one attached hydrogen (secondary N) is 2. The van der Waals surface area contributed by atoms with E-state index in [-0.39, 0.29) is 36.7 Å². The van der Waals surface area contributed by atoms with Gasteiger partial charge in [0, 0.05) is 24.8 Å². The van der Waals surface area contributed by atoms with Gasteiger partial charge in [-0.1, -0.05) is 18.3 Å². The van der Waals surface area contributed by atoms with E-state index in [1.807, 2.05) is 6.92 Å². The van der Waals surface area contributed by atoms with E-state index in [1.54, 1.807) is 0 Å². The summed E-state index contributed by atoms with van der Waals surface area (Å²) in [5.41, 5.74) is -0.110. The Labute approximate surface area is 127 Å². The van der Waals surface area contributed by atoms with E-state index >= 15 is 0 Å². The summed E-state index contributed by atoms with van der Waals surface area (Å²) < 4.78 is 0. The number of nitrogens with zero attached hydrogens (tertiary/aromatic N) is 2. The third-order valence-corrected chi connectivity index (χ3v) is 4.53. The average molecular weight is 312 g/mol. The van der Waals surface area contributed by atoms with Crippen LogP contribution >= 0.6 is 11.3 Å². The van der Waals surface area contributed by atoms with Crippen LogP contribution in [0.5, 0.6) is 0 Å². The molecule has 2 amide bonds. The number of hydrogen-bond donors (Lipinski definition) is 3. The van der Waals surface area contributed by atoms with Crippen molar-refractivity contribution < 1.29 is 14.7 Å². The SMILES string of the molecule is CCc1nnc(NC(=O)CCC(=O)NCC2(CO)CC2)s1. The molecule has 1 heterocycles. The molecule has 7 nitrogen and oxygen atoms in total. The Balaban J connectivity index is 1.65. The highest BCUT2D eigenvalue weighted by atomic mass is 32.1. The molecule has 116 valence electrons. The Morgan fingerprint density at radius 3 is 2.57 bits per heavy atom. The van der Waals surface area contributed by atoms with Crippen molar-refractivity contribution in [2.45, 2.75) is 39.0 Å². The molecule has 2 rings (SSSR count). The molecule has 1 aliphatic carbocycles. The normalized spacial score (nSPS) is 15.5. The van der Waals surface area contributed by atoms with Crippen molar-refractivity contribution >= 4 is 28.3 Å². The quantitative estimate of drug-likeness (QED) is 0.656. The number of rotatable bonds is 8. The molecule has 0 unspecified atom stereocenters. The second kappa shape index (κ2) is 6.95. The van der Waals surface area contributed by atoms with Crippen molar-refractivity contribution in [1.29, 1.82) is 0 Å². The van der Waals surface area contributed by atoms with E-state index in [0.717, 1.165) is 24.3 Å². The molecule has 0 saturated heterocycles. The van der Waals surface area contributed by atoms with Crippen LogP contribution in [0.2, 0.25) is 0 Å². The predicted molar refractivity (Wildman–Crippen MR) is 78.9 cm³/mol. The third-order valence-electron chi connectivity index (χ3n) is 3.55. The van der Waals surface area contributed by atoms with Gasteiger partial charge in [0.15, 0.2) is 0 Å². The zero-order valence-electron chi connectivity index (χ0n) is 12.0. The number of anilines is 1. The van der Waals surface area contributed by atoms with Crippen molar-refractivity contribution in [3.8, 4) is 0 Å². The fourth-order valence-electron chi connectivity index (χ4n) is 1.80. The number of amides is 2. The predicted octanol–water partition coefficient (Wildman–Crippen LogP) is 0.708. The summed E-state index contributed by atoms with van der Waals surface area (Å²) in [6.45, 7) is 2.56. The van der Waals surface area contributed by atoms with Gasteiger partial charge in [0.2, 0.25) is 16.9 Å². The van der Waals surface area contributed by atoms with Gasteiger partial charge >= 0.3 is 0 Å². The van der Waals surface area contributed by atoms with Gasteiger partial charge in [-0.25, -0.2) is 0 Å². The summed E-state index contributed by atoms with van der Waals surface area (Å²) >= 11 is 1.34. The van der Waals surface area contributed by atoms with Crippen LogP contribution in [0.3, 0.4) is 0 Å². The molecule has 8 heteroatoms. The molecular formula is C13H20N4O3S. The maximum absolute atomic E-state index is 11.7. The highest BCUT2D eigenvalue weighted by Gasteiger charge is 2.41. The van der Waals surface area contributed by atoms with Crippen LogP contribution in [0.1, 0.15) is 37.6 Å². The molecule has 1 aromatic rings. The van der Waals surface area contributed by atoms with E-state index in [9.17, 15) is 9.59 Å². The molecular weight excluding hydrogens is 292 g/mol. The lowest BCUT2D eigenvalue weighted by Crippen LogP contribution is -2.32. The van der Waals surface area contributed by atoms with Crippen molar-refractivity contribution in [2.24, 2.45) is 5.41 Å². The zero-order valence-corrected chi connectivity index (χ0v) is 12.8. The highest BCUT2D eigenvalue weighted by Crippen LogP contribution is 2.44. The van der Waals surface area contributed by atoms with Gasteiger partial charge in [-0.15, -0.1) is 10.2 Å². The molecule has 1 aliphatic rings. The lowest BCUT2D eigenvalue weighted by atomic mass is 10.1. The van der Waals surface area contributed by atoms with Gasteiger partial charge in [-0.2, -0.15) is 0 Å². The van der Waals surface area contributed by atoms with E-state index < -0.39 is 0 Å². The van der Waals surface area contributed by atoms with Gasteiger partial charge in [-0.05, 0) is 19.3 Å². The Morgan fingerprint density at radius 2 is 2.00 bits per heavy atom. The summed E-state index contributed by atoms with van der Waals surface area (Å²) in [6.07, 6.45) is 2.91. The lowest BCUT2D eigenvalue weighted by molar-refractivity contribution is -0.124. The van der Waals surface area contributed by atoms with Crippen LogP contribution in [-0.4, -0.2) is 40.3 Å². The van der Waals surface area contributed by atoms with Gasteiger partial charge in [0.1, 0.15) is 5.01 Å². The molecule has 1 aromatic heterocycles. The topological polar surface area (TPSA) is 104 Å². The number of aliphatic hydroxyl groups excluding tert-OH is 1. The average Bonchev–Trinajstić information content (AvgIpc) is 3.14. The molecule has 0 aromatic carbocycles. The second-order valence-corrected chi connectivity index (χ2v) is 6.40. The van der Waals surface area contributed by atoms with E-state index in [1.165, 1.54) is 11.3 Å². The summed E-state index contributed by atoms with van der Waals surface area (Å²) in [5, 5.41) is 23.6. The summed E-state index contributed by atoms with van der Waals surface area (Å²) in [7, 11) is 0. The Kier molecular flexibility index (Phi) is 5.24. The maximum atomic E-state index is 11.7. The van der Waals surface area contributed by atoms with Crippen LogP contribution in [0, 0.1) is 5.41 Å². The van der Waals surface area contributed by atoms with Crippen molar-refractivity contribution in [1.82, 2.24) is 15.5 Å². The first-order valence-electron chi connectivity index (χ1n) is 7.07. The largest absolute Gasteiger partial charge is 0.396 e. The van der Waals surface area contributed by atoms with Gasteiger partial charge in [-0.3, -0.25) is 9.59 Å². The number of carbonyl (C=O) groups is 2. The standard InChI is InChI=1S/C13H20N4O3S/c1-2-11-16-17-12(21-11)15-10(20)4-3-9(19)14-7-13(8-18)5-6-13/h18H,2-8H2,1H3,(H,14,19)(H,15,17,20). The van der Waals surface area contributed by atoms with Crippen LogP contribution in [0.4, 0.5) is 5.13 Å². The molecule has 0 aliphatic heterocycles. The number of aromatic nitrogens is 2. The number of aryl methyl sites for hydroxylation is 1. The maximum Gasteiger partial charge on any atom is 0.226 e. The summed E-state index contributed by atoms with van der Waals surface area (Å²) in [4.78, 5) is 23.3. The zero-order chi connectivity index (χ0) is 15.3. The highest BCUT2D eigenvalue weighted by molar-refractivity contribution is 7.15. The second-order valence-electron chi connectivity index (χ2n) is 5.34. The van der Waals surface area contributed by atoms with Crippen molar-refractivity contribution in [3.05, 3.63) is 5.01 Å². The first-order valence-corrected chi connectivity index (χ1v) is 7.88. The minimum absolute atomic E-state index is 0.102. The third kappa shape index (κ3) is 4.75. The minimum Gasteiger partial charge on any atom is -0.396 e. The summed E-state index contributed by atoms with van der Waals surface area (Å²) in [5.74, 6) is -0.413. The molecule has 0 spiro atoms. The molecule has 3 N–H and O–H groups in total. The van der Waals surface area contributed by atoms with E-state index in [0.29, 0.717) is 11.7 Å². The molecule has 1 fully saturated rings. The molecule has 0 bridgehead atoms. The number of carbonyl (C=O) groups excluding carboxylic acids is 2. The molecule has 0 radical (unpaired) electrons. The minimum atomic E-state index is -0.243. The molecule has 1 saturated carbocycles. The molecule has 0 atom stereocenters. The van der Waals surface area contributed by atoms with Gasteiger partial charge < -0.3 is 15.7 Å². The van der Waals surface area contributed by atoms with Crippen LogP contribution in [-0.2, 0) is 16.0 Å². The van der Waals surface area contributed by atoms with Crippen LogP contribution in [0.25, 0.3) is 0 Å². The van der Waals surface area contributed by atoms with E-state index in [4.69, 9.17) is 5.11 Å². The Bertz CT molecular complexity index is 513. The molecule has 21 heavy (non-hydrogen) atoms. The van der Waals surface area contributed by atoms with E-state index in [2.05, 4.69) is 20.8 Å². The Hall–Kier alpha value is -1.54. The number of aliphatic hydroxyl groups is 1. The first kappa shape index (κ1) is 15.8. The smallest absolute Gasteiger partial charge is 0.226 e. The number of hydrogen-bond acceptors (Lipinski definition) is 6.